The Balaban J connectivity index is 1.37. The number of anilines is 1. The molecule has 30 heavy (non-hydrogen) atoms. The number of nitrogens with one attached hydrogen (secondary N) is 1. The molecule has 0 saturated heterocycles. The summed E-state index contributed by atoms with van der Waals surface area (Å²) in [6.07, 6.45) is 4.24. The third kappa shape index (κ3) is 5.33. The van der Waals surface area contributed by atoms with Gasteiger partial charge in [0.1, 0.15) is 0 Å². The lowest BCUT2D eigenvalue weighted by Gasteiger charge is -2.09. The molecular formula is C23H20N4O2S. The van der Waals surface area contributed by atoms with Crippen molar-refractivity contribution in [2.75, 3.05) is 11.1 Å². The number of hydrogen-bond acceptors (Lipinski definition) is 6. The van der Waals surface area contributed by atoms with Crippen LogP contribution in [0.25, 0.3) is 11.4 Å². The molecule has 0 fully saturated rings. The van der Waals surface area contributed by atoms with Gasteiger partial charge < -0.3 is 9.84 Å². The van der Waals surface area contributed by atoms with Crippen LogP contribution in [0.15, 0.2) is 88.5 Å². The maximum atomic E-state index is 12.4. The van der Waals surface area contributed by atoms with Crippen molar-refractivity contribution in [3.05, 3.63) is 90.6 Å². The summed E-state index contributed by atoms with van der Waals surface area (Å²) in [6, 6.07) is 21.4. The van der Waals surface area contributed by atoms with E-state index < -0.39 is 0 Å². The molecule has 2 aromatic carbocycles. The van der Waals surface area contributed by atoms with Crippen molar-refractivity contribution in [3.8, 4) is 11.4 Å². The summed E-state index contributed by atoms with van der Waals surface area (Å²) in [5, 5.41) is 7.04. The molecule has 0 saturated carbocycles. The highest BCUT2D eigenvalue weighted by Gasteiger charge is 2.13. The molecule has 0 atom stereocenters. The van der Waals surface area contributed by atoms with Crippen LogP contribution in [0.4, 0.5) is 5.69 Å². The highest BCUT2D eigenvalue weighted by atomic mass is 32.2. The Hall–Kier alpha value is -3.45. The van der Waals surface area contributed by atoms with E-state index in [-0.39, 0.29) is 5.91 Å². The molecular weight excluding hydrogens is 396 g/mol. The molecule has 1 amide bonds. The van der Waals surface area contributed by atoms with E-state index >= 15 is 0 Å². The normalized spacial score (nSPS) is 10.7. The molecule has 7 heteroatoms. The first-order valence-electron chi connectivity index (χ1n) is 9.56. The number of carbonyl (C=O) groups is 1. The van der Waals surface area contributed by atoms with Crippen molar-refractivity contribution >= 4 is 23.4 Å². The summed E-state index contributed by atoms with van der Waals surface area (Å²) in [7, 11) is 0. The second-order valence-corrected chi connectivity index (χ2v) is 7.71. The van der Waals surface area contributed by atoms with E-state index in [1.165, 1.54) is 0 Å². The van der Waals surface area contributed by atoms with Crippen molar-refractivity contribution in [2.24, 2.45) is 0 Å². The second-order valence-electron chi connectivity index (χ2n) is 6.54. The molecule has 0 spiro atoms. The molecule has 2 aromatic heterocycles. The maximum Gasteiger partial charge on any atom is 0.231 e. The van der Waals surface area contributed by atoms with Crippen LogP contribution in [0.2, 0.25) is 0 Å². The third-order valence-electron chi connectivity index (χ3n) is 4.38. The number of nitrogens with zero attached hydrogens (tertiary/aromatic N) is 3. The maximum absolute atomic E-state index is 12.4. The Labute approximate surface area is 178 Å². The smallest absolute Gasteiger partial charge is 0.231 e. The van der Waals surface area contributed by atoms with Crippen LogP contribution in [0, 0.1) is 0 Å². The van der Waals surface area contributed by atoms with Crippen LogP contribution in [-0.2, 0) is 11.2 Å². The Morgan fingerprint density at radius 1 is 0.967 bits per heavy atom. The zero-order valence-electron chi connectivity index (χ0n) is 16.2. The highest BCUT2D eigenvalue weighted by Crippen LogP contribution is 2.22. The second kappa shape index (κ2) is 9.84. The van der Waals surface area contributed by atoms with Gasteiger partial charge in [0.25, 0.3) is 0 Å². The third-order valence-corrected chi connectivity index (χ3v) is 5.39. The highest BCUT2D eigenvalue weighted by molar-refractivity contribution is 7.99. The lowest BCUT2D eigenvalue weighted by molar-refractivity contribution is -0.115. The lowest BCUT2D eigenvalue weighted by Crippen LogP contribution is -2.13. The van der Waals surface area contributed by atoms with Crippen LogP contribution in [0.3, 0.4) is 0 Å². The number of pyridine rings is 1. The fourth-order valence-electron chi connectivity index (χ4n) is 2.90. The van der Waals surface area contributed by atoms with E-state index in [2.05, 4.69) is 20.4 Å². The van der Waals surface area contributed by atoms with Crippen LogP contribution in [-0.4, -0.2) is 26.8 Å². The van der Waals surface area contributed by atoms with Crippen LogP contribution in [0.5, 0.6) is 0 Å². The van der Waals surface area contributed by atoms with Crippen molar-refractivity contribution in [2.45, 2.75) is 17.7 Å². The topological polar surface area (TPSA) is 80.9 Å². The van der Waals surface area contributed by atoms with Gasteiger partial charge in [0.2, 0.25) is 17.6 Å². The first-order chi connectivity index (χ1) is 14.8. The minimum absolute atomic E-state index is 0.0196. The summed E-state index contributed by atoms with van der Waals surface area (Å²) in [5.41, 5.74) is 2.53. The predicted molar refractivity (Wildman–Crippen MR) is 117 cm³/mol. The summed E-state index contributed by atoms with van der Waals surface area (Å²) < 4.78 is 5.40. The van der Waals surface area contributed by atoms with Gasteiger partial charge in [0, 0.05) is 40.7 Å². The van der Waals surface area contributed by atoms with E-state index in [0.717, 1.165) is 27.5 Å². The molecule has 0 radical (unpaired) electrons. The fourth-order valence-corrected chi connectivity index (χ4v) is 3.77. The average molecular weight is 417 g/mol. The van der Waals surface area contributed by atoms with E-state index in [4.69, 9.17) is 4.52 Å². The van der Waals surface area contributed by atoms with Gasteiger partial charge in [-0.25, -0.2) is 0 Å². The van der Waals surface area contributed by atoms with E-state index in [1.54, 1.807) is 24.2 Å². The molecule has 1 N–H and O–H groups in total. The molecule has 0 bridgehead atoms. The van der Waals surface area contributed by atoms with Gasteiger partial charge in [-0.2, -0.15) is 4.98 Å². The van der Waals surface area contributed by atoms with Crippen LogP contribution >= 0.6 is 11.8 Å². The van der Waals surface area contributed by atoms with Crippen molar-refractivity contribution in [3.63, 3.8) is 0 Å². The first kappa shape index (κ1) is 19.8. The van der Waals surface area contributed by atoms with Crippen molar-refractivity contribution < 1.29 is 9.32 Å². The minimum atomic E-state index is -0.0196. The number of amides is 1. The summed E-state index contributed by atoms with van der Waals surface area (Å²) in [4.78, 5) is 22.0. The van der Waals surface area contributed by atoms with Gasteiger partial charge >= 0.3 is 0 Å². The number of rotatable bonds is 8. The summed E-state index contributed by atoms with van der Waals surface area (Å²) in [6.45, 7) is 0. The Kier molecular flexibility index (Phi) is 6.51. The van der Waals surface area contributed by atoms with Crippen molar-refractivity contribution in [1.29, 1.82) is 0 Å². The first-order valence-corrected chi connectivity index (χ1v) is 10.5. The average Bonchev–Trinajstić information content (AvgIpc) is 3.25. The molecule has 4 aromatic rings. The molecule has 2 heterocycles. The molecule has 0 aliphatic rings. The van der Waals surface area contributed by atoms with Gasteiger partial charge in [0.05, 0.1) is 6.42 Å². The number of carbonyl (C=O) groups excluding carboxylic acids is 1. The van der Waals surface area contributed by atoms with Gasteiger partial charge in [-0.15, -0.1) is 11.8 Å². The van der Waals surface area contributed by atoms with Crippen molar-refractivity contribution in [1.82, 2.24) is 15.1 Å². The SMILES string of the molecule is O=C(CCSc1ccccc1)Nc1ccccc1Cc1nc(-c2ccncc2)no1. The Morgan fingerprint density at radius 2 is 1.73 bits per heavy atom. The molecule has 0 aliphatic carbocycles. The number of hydrogen-bond donors (Lipinski definition) is 1. The van der Waals surface area contributed by atoms with E-state index in [1.807, 2.05) is 66.7 Å². The molecule has 150 valence electrons. The van der Waals surface area contributed by atoms with Gasteiger partial charge in [-0.1, -0.05) is 41.6 Å². The standard InChI is InChI=1S/C23H20N4O2S/c28-21(12-15-30-19-7-2-1-3-8-19)25-20-9-5-4-6-18(20)16-22-26-23(27-29-22)17-10-13-24-14-11-17/h1-11,13-14H,12,15-16H2,(H,25,28). The number of aromatic nitrogens is 3. The van der Waals surface area contributed by atoms with Crippen LogP contribution < -0.4 is 5.32 Å². The molecule has 4 rings (SSSR count). The van der Waals surface area contributed by atoms with Crippen LogP contribution in [0.1, 0.15) is 17.9 Å². The zero-order valence-corrected chi connectivity index (χ0v) is 17.0. The number of benzene rings is 2. The zero-order chi connectivity index (χ0) is 20.6. The predicted octanol–water partition coefficient (Wildman–Crippen LogP) is 4.84. The Bertz CT molecular complexity index is 1100. The van der Waals surface area contributed by atoms with Gasteiger partial charge in [-0.3, -0.25) is 9.78 Å². The van der Waals surface area contributed by atoms with E-state index in [0.29, 0.717) is 24.6 Å². The Morgan fingerprint density at radius 3 is 2.57 bits per heavy atom. The largest absolute Gasteiger partial charge is 0.339 e. The fraction of sp³-hybridized carbons (Fsp3) is 0.130. The molecule has 0 aliphatic heterocycles. The lowest BCUT2D eigenvalue weighted by atomic mass is 10.1. The minimum Gasteiger partial charge on any atom is -0.339 e. The number of thioether (sulfide) groups is 1. The quantitative estimate of drug-likeness (QED) is 0.414. The molecule has 0 unspecified atom stereocenters. The van der Waals surface area contributed by atoms with Gasteiger partial charge in [0.15, 0.2) is 0 Å². The van der Waals surface area contributed by atoms with Gasteiger partial charge in [-0.05, 0) is 35.9 Å². The summed E-state index contributed by atoms with van der Waals surface area (Å²) >= 11 is 1.67. The number of para-hydroxylation sites is 1. The summed E-state index contributed by atoms with van der Waals surface area (Å²) in [5.74, 6) is 1.71. The molecule has 6 nitrogen and oxygen atoms in total. The van der Waals surface area contributed by atoms with E-state index in [9.17, 15) is 4.79 Å². The monoisotopic (exact) mass is 416 g/mol.